The molecule has 2 N–H and O–H groups in total. The minimum absolute atomic E-state index is 0.431. The first-order chi connectivity index (χ1) is 9.74. The molecule has 3 rings (SSSR count). The van der Waals surface area contributed by atoms with Crippen LogP contribution in [0.15, 0.2) is 36.8 Å². The molecule has 104 valence electrons. The molecule has 1 aromatic carbocycles. The molecule has 0 spiro atoms. The summed E-state index contributed by atoms with van der Waals surface area (Å²) in [5.41, 5.74) is 3.28. The maximum atomic E-state index is 4.55. The van der Waals surface area contributed by atoms with Gasteiger partial charge in [0.2, 0.25) is 0 Å². The standard InChI is InChI=1S/C15H19N5/c1-11(2)20-10-17-8-12(20)7-16-9-15-18-13-5-3-4-6-14(13)19-15/h3-6,8,10-11,16H,7,9H2,1-2H3,(H,18,19). The molecule has 20 heavy (non-hydrogen) atoms. The van der Waals surface area contributed by atoms with Crippen molar-refractivity contribution in [3.8, 4) is 0 Å². The first-order valence-electron chi connectivity index (χ1n) is 6.89. The molecule has 0 bridgehead atoms. The van der Waals surface area contributed by atoms with Crippen LogP contribution in [0.1, 0.15) is 31.4 Å². The van der Waals surface area contributed by atoms with Crippen molar-refractivity contribution in [3.05, 3.63) is 48.3 Å². The van der Waals surface area contributed by atoms with Gasteiger partial charge < -0.3 is 14.9 Å². The van der Waals surface area contributed by atoms with Crippen LogP contribution >= 0.6 is 0 Å². The highest BCUT2D eigenvalue weighted by atomic mass is 15.1. The van der Waals surface area contributed by atoms with Crippen LogP contribution in [0, 0.1) is 0 Å². The van der Waals surface area contributed by atoms with Gasteiger partial charge in [-0.1, -0.05) is 12.1 Å². The normalized spacial score (nSPS) is 11.6. The molecule has 0 aliphatic carbocycles. The fraction of sp³-hybridized carbons (Fsp3) is 0.333. The van der Waals surface area contributed by atoms with E-state index in [-0.39, 0.29) is 0 Å². The highest BCUT2D eigenvalue weighted by molar-refractivity contribution is 5.74. The van der Waals surface area contributed by atoms with Crippen LogP contribution in [-0.4, -0.2) is 19.5 Å². The van der Waals surface area contributed by atoms with Crippen LogP contribution in [0.5, 0.6) is 0 Å². The molecule has 0 amide bonds. The minimum atomic E-state index is 0.431. The Morgan fingerprint density at radius 3 is 2.90 bits per heavy atom. The first-order valence-corrected chi connectivity index (χ1v) is 6.89. The third-order valence-corrected chi connectivity index (χ3v) is 3.34. The lowest BCUT2D eigenvalue weighted by atomic mass is 10.3. The molecule has 0 radical (unpaired) electrons. The summed E-state index contributed by atoms with van der Waals surface area (Å²) in [7, 11) is 0. The average molecular weight is 269 g/mol. The van der Waals surface area contributed by atoms with Crippen LogP contribution in [-0.2, 0) is 13.1 Å². The van der Waals surface area contributed by atoms with Gasteiger partial charge in [0.1, 0.15) is 5.82 Å². The first kappa shape index (κ1) is 12.9. The molecule has 0 atom stereocenters. The fourth-order valence-corrected chi connectivity index (χ4v) is 2.33. The topological polar surface area (TPSA) is 58.5 Å². The molecule has 0 saturated carbocycles. The predicted molar refractivity (Wildman–Crippen MR) is 79.2 cm³/mol. The number of para-hydroxylation sites is 2. The van der Waals surface area contributed by atoms with Crippen molar-refractivity contribution in [1.82, 2.24) is 24.8 Å². The number of hydrogen-bond donors (Lipinski definition) is 2. The van der Waals surface area contributed by atoms with Gasteiger partial charge in [0.05, 0.1) is 29.6 Å². The third kappa shape index (κ3) is 2.58. The van der Waals surface area contributed by atoms with Crippen LogP contribution in [0.25, 0.3) is 11.0 Å². The maximum Gasteiger partial charge on any atom is 0.121 e. The Balaban J connectivity index is 1.63. The summed E-state index contributed by atoms with van der Waals surface area (Å²) in [5.74, 6) is 0.960. The van der Waals surface area contributed by atoms with Gasteiger partial charge in [0.25, 0.3) is 0 Å². The largest absolute Gasteiger partial charge is 0.341 e. The lowest BCUT2D eigenvalue weighted by molar-refractivity contribution is 0.547. The second kappa shape index (κ2) is 5.46. The number of nitrogens with one attached hydrogen (secondary N) is 2. The summed E-state index contributed by atoms with van der Waals surface area (Å²) < 4.78 is 2.17. The van der Waals surface area contributed by atoms with Gasteiger partial charge in [-0.2, -0.15) is 0 Å². The van der Waals surface area contributed by atoms with E-state index in [9.17, 15) is 0 Å². The van der Waals surface area contributed by atoms with Gasteiger partial charge in [-0.25, -0.2) is 9.97 Å². The monoisotopic (exact) mass is 269 g/mol. The molecule has 2 aromatic heterocycles. The number of rotatable bonds is 5. The zero-order valence-corrected chi connectivity index (χ0v) is 11.8. The number of hydrogen-bond acceptors (Lipinski definition) is 3. The van der Waals surface area contributed by atoms with Gasteiger partial charge in [0, 0.05) is 18.8 Å². The lowest BCUT2D eigenvalue weighted by Crippen LogP contribution is -2.17. The van der Waals surface area contributed by atoms with E-state index in [0.29, 0.717) is 6.04 Å². The van der Waals surface area contributed by atoms with Crippen molar-refractivity contribution < 1.29 is 0 Å². The summed E-state index contributed by atoms with van der Waals surface area (Å²) in [6.45, 7) is 5.82. The summed E-state index contributed by atoms with van der Waals surface area (Å²) in [6, 6.07) is 8.50. The van der Waals surface area contributed by atoms with E-state index in [0.717, 1.165) is 29.9 Å². The van der Waals surface area contributed by atoms with Crippen molar-refractivity contribution in [2.45, 2.75) is 33.0 Å². The van der Waals surface area contributed by atoms with Crippen molar-refractivity contribution in [2.24, 2.45) is 0 Å². The molecule has 5 heteroatoms. The van der Waals surface area contributed by atoms with E-state index >= 15 is 0 Å². The van der Waals surface area contributed by atoms with Crippen LogP contribution in [0.4, 0.5) is 0 Å². The highest BCUT2D eigenvalue weighted by Crippen LogP contribution is 2.11. The number of aromatic amines is 1. The number of H-pyrrole nitrogens is 1. The average Bonchev–Trinajstić information content (AvgIpc) is 3.04. The molecule has 0 unspecified atom stereocenters. The van der Waals surface area contributed by atoms with Crippen molar-refractivity contribution >= 4 is 11.0 Å². The molecule has 5 nitrogen and oxygen atoms in total. The fourth-order valence-electron chi connectivity index (χ4n) is 2.33. The van der Waals surface area contributed by atoms with Crippen LogP contribution in [0.2, 0.25) is 0 Å². The number of aromatic nitrogens is 4. The summed E-state index contributed by atoms with van der Waals surface area (Å²) >= 11 is 0. The highest BCUT2D eigenvalue weighted by Gasteiger charge is 2.06. The molecule has 2 heterocycles. The van der Waals surface area contributed by atoms with Gasteiger partial charge in [-0.3, -0.25) is 0 Å². The van der Waals surface area contributed by atoms with E-state index < -0.39 is 0 Å². The van der Waals surface area contributed by atoms with Crippen molar-refractivity contribution in [3.63, 3.8) is 0 Å². The Labute approximate surface area is 118 Å². The van der Waals surface area contributed by atoms with E-state index in [1.54, 1.807) is 0 Å². The van der Waals surface area contributed by atoms with E-state index in [1.165, 1.54) is 5.69 Å². The SMILES string of the molecule is CC(C)n1cncc1CNCc1nc2ccccc2[nH]1. The summed E-state index contributed by atoms with van der Waals surface area (Å²) in [4.78, 5) is 12.1. The maximum absolute atomic E-state index is 4.55. The number of benzene rings is 1. The Kier molecular flexibility index (Phi) is 3.52. The zero-order chi connectivity index (χ0) is 13.9. The summed E-state index contributed by atoms with van der Waals surface area (Å²) in [5, 5.41) is 3.41. The van der Waals surface area contributed by atoms with E-state index in [1.807, 2.05) is 36.8 Å². The number of nitrogens with zero attached hydrogens (tertiary/aromatic N) is 3. The number of fused-ring (bicyclic) bond motifs is 1. The molecule has 3 aromatic rings. The lowest BCUT2D eigenvalue weighted by Gasteiger charge is -2.11. The van der Waals surface area contributed by atoms with Crippen molar-refractivity contribution in [2.75, 3.05) is 0 Å². The van der Waals surface area contributed by atoms with Crippen LogP contribution in [0.3, 0.4) is 0 Å². The smallest absolute Gasteiger partial charge is 0.121 e. The molecule has 0 saturated heterocycles. The molecule has 0 fully saturated rings. The Morgan fingerprint density at radius 2 is 2.10 bits per heavy atom. The van der Waals surface area contributed by atoms with Gasteiger partial charge in [-0.05, 0) is 26.0 Å². The molecule has 0 aliphatic rings. The van der Waals surface area contributed by atoms with Crippen molar-refractivity contribution in [1.29, 1.82) is 0 Å². The minimum Gasteiger partial charge on any atom is -0.341 e. The second-order valence-corrected chi connectivity index (χ2v) is 5.19. The van der Waals surface area contributed by atoms with Gasteiger partial charge in [0.15, 0.2) is 0 Å². The predicted octanol–water partition coefficient (Wildman–Crippen LogP) is 2.63. The molecular formula is C15H19N5. The van der Waals surface area contributed by atoms with Gasteiger partial charge >= 0.3 is 0 Å². The third-order valence-electron chi connectivity index (χ3n) is 3.34. The number of imidazole rings is 2. The summed E-state index contributed by atoms with van der Waals surface area (Å²) in [6.07, 6.45) is 3.79. The van der Waals surface area contributed by atoms with Gasteiger partial charge in [-0.15, -0.1) is 0 Å². The Hall–Kier alpha value is -2.14. The van der Waals surface area contributed by atoms with E-state index in [2.05, 4.69) is 38.7 Å². The Morgan fingerprint density at radius 1 is 1.25 bits per heavy atom. The van der Waals surface area contributed by atoms with Crippen LogP contribution < -0.4 is 5.32 Å². The second-order valence-electron chi connectivity index (χ2n) is 5.19. The molecular weight excluding hydrogens is 250 g/mol. The quantitative estimate of drug-likeness (QED) is 0.748. The molecule has 0 aliphatic heterocycles. The Bertz CT molecular complexity index is 662. The zero-order valence-electron chi connectivity index (χ0n) is 11.8. The van der Waals surface area contributed by atoms with E-state index in [4.69, 9.17) is 0 Å².